The highest BCUT2D eigenvalue weighted by atomic mass is 32.2. The number of fused-ring (bicyclic) bond motifs is 1. The third kappa shape index (κ3) is 4.94. The molecule has 11 heteroatoms. The van der Waals surface area contributed by atoms with Gasteiger partial charge in [-0.2, -0.15) is 0 Å². The van der Waals surface area contributed by atoms with E-state index in [4.69, 9.17) is 0 Å². The molecular formula is C20H21FN2O5S3. The first-order chi connectivity index (χ1) is 14.6. The van der Waals surface area contributed by atoms with Crippen LogP contribution in [0.4, 0.5) is 4.39 Å². The quantitative estimate of drug-likeness (QED) is 0.674. The van der Waals surface area contributed by atoms with Crippen molar-refractivity contribution in [1.29, 1.82) is 0 Å². The first kappa shape index (κ1) is 22.3. The SMILES string of the molecule is O=C(N[C@H]1CCSc2c(F)cccc21)c1ccc(S(=O)(=O)N[C@@H]2CCS(=O)(=O)C2)cc1. The first-order valence-corrected chi connectivity index (χ1v) is 14.0. The van der Waals surface area contributed by atoms with Crippen LogP contribution in [0, 0.1) is 5.82 Å². The van der Waals surface area contributed by atoms with Crippen LogP contribution in [0.25, 0.3) is 0 Å². The number of halogens is 1. The molecule has 0 saturated carbocycles. The van der Waals surface area contributed by atoms with Gasteiger partial charge >= 0.3 is 0 Å². The molecule has 2 heterocycles. The zero-order valence-electron chi connectivity index (χ0n) is 16.4. The van der Waals surface area contributed by atoms with Crippen LogP contribution in [0.15, 0.2) is 52.3 Å². The predicted molar refractivity (Wildman–Crippen MR) is 116 cm³/mol. The molecule has 2 aliphatic rings. The molecule has 166 valence electrons. The standard InChI is InChI=1S/C20H21FN2O5S3/c21-17-3-1-2-16-18(8-10-29-19(16)17)22-20(24)13-4-6-15(7-5-13)31(27,28)23-14-9-11-30(25,26)12-14/h1-7,14,18,23H,8-12H2,(H,22,24)/t14-,18+/m1/s1. The molecule has 0 unspecified atom stereocenters. The maximum absolute atomic E-state index is 14.0. The molecule has 0 aliphatic carbocycles. The van der Waals surface area contributed by atoms with E-state index in [-0.39, 0.29) is 46.2 Å². The van der Waals surface area contributed by atoms with Crippen LogP contribution in [0.3, 0.4) is 0 Å². The summed E-state index contributed by atoms with van der Waals surface area (Å²) in [6.45, 7) is 0. The zero-order chi connectivity index (χ0) is 22.2. The van der Waals surface area contributed by atoms with E-state index in [1.165, 1.54) is 42.1 Å². The number of hydrogen-bond donors (Lipinski definition) is 2. The van der Waals surface area contributed by atoms with Crippen molar-refractivity contribution in [2.24, 2.45) is 0 Å². The number of hydrogen-bond acceptors (Lipinski definition) is 6. The van der Waals surface area contributed by atoms with Crippen LogP contribution in [-0.4, -0.2) is 46.0 Å². The Kier molecular flexibility index (Phi) is 6.12. The number of sulfonamides is 1. The monoisotopic (exact) mass is 484 g/mol. The summed E-state index contributed by atoms with van der Waals surface area (Å²) >= 11 is 1.42. The summed E-state index contributed by atoms with van der Waals surface area (Å²) in [5.41, 5.74) is 1.01. The molecule has 1 saturated heterocycles. The Morgan fingerprint density at radius 1 is 1.10 bits per heavy atom. The summed E-state index contributed by atoms with van der Waals surface area (Å²) in [6.07, 6.45) is 0.900. The minimum absolute atomic E-state index is 0.0357. The summed E-state index contributed by atoms with van der Waals surface area (Å²) in [6, 6.07) is 9.25. The van der Waals surface area contributed by atoms with Crippen LogP contribution in [-0.2, 0) is 19.9 Å². The molecule has 4 rings (SSSR count). The summed E-state index contributed by atoms with van der Waals surface area (Å²) in [4.78, 5) is 13.2. The van der Waals surface area contributed by atoms with Crippen molar-refractivity contribution in [1.82, 2.24) is 10.0 Å². The molecule has 2 aromatic rings. The normalized spacial score (nSPS) is 22.6. The van der Waals surface area contributed by atoms with Gasteiger partial charge in [0.05, 0.1) is 22.4 Å². The molecule has 1 fully saturated rings. The molecule has 0 aromatic heterocycles. The number of rotatable bonds is 5. The lowest BCUT2D eigenvalue weighted by Crippen LogP contribution is -2.35. The van der Waals surface area contributed by atoms with Gasteiger partial charge in [0.2, 0.25) is 10.0 Å². The molecule has 1 amide bonds. The van der Waals surface area contributed by atoms with Gasteiger partial charge in [0, 0.05) is 22.3 Å². The Bertz CT molecular complexity index is 1210. The van der Waals surface area contributed by atoms with Crippen LogP contribution in [0.2, 0.25) is 0 Å². The maximum atomic E-state index is 14.0. The van der Waals surface area contributed by atoms with E-state index in [1.807, 2.05) is 0 Å². The highest BCUT2D eigenvalue weighted by Gasteiger charge is 2.31. The van der Waals surface area contributed by atoms with E-state index in [0.717, 1.165) is 5.56 Å². The average molecular weight is 485 g/mol. The van der Waals surface area contributed by atoms with E-state index in [1.54, 1.807) is 12.1 Å². The smallest absolute Gasteiger partial charge is 0.251 e. The van der Waals surface area contributed by atoms with Crippen LogP contribution in [0.1, 0.15) is 34.8 Å². The Hall–Kier alpha value is -1.95. The minimum atomic E-state index is -3.90. The van der Waals surface area contributed by atoms with Crippen LogP contribution < -0.4 is 10.0 Å². The van der Waals surface area contributed by atoms with Gasteiger partial charge in [-0.1, -0.05) is 12.1 Å². The fourth-order valence-corrected chi connectivity index (χ4v) is 7.93. The third-order valence-electron chi connectivity index (χ3n) is 5.31. The molecule has 7 nitrogen and oxygen atoms in total. The molecular weight excluding hydrogens is 463 g/mol. The van der Waals surface area contributed by atoms with Gasteiger partial charge in [0.25, 0.3) is 5.91 Å². The van der Waals surface area contributed by atoms with Gasteiger partial charge in [-0.05, 0) is 48.7 Å². The maximum Gasteiger partial charge on any atom is 0.251 e. The Balaban J connectivity index is 1.45. The number of benzene rings is 2. The highest BCUT2D eigenvalue weighted by Crippen LogP contribution is 2.37. The Labute approximate surface area is 184 Å². The van der Waals surface area contributed by atoms with Crippen molar-refractivity contribution in [3.8, 4) is 0 Å². The van der Waals surface area contributed by atoms with Crippen LogP contribution in [0.5, 0.6) is 0 Å². The van der Waals surface area contributed by atoms with E-state index in [9.17, 15) is 26.0 Å². The lowest BCUT2D eigenvalue weighted by molar-refractivity contribution is 0.0934. The second-order valence-electron chi connectivity index (χ2n) is 7.57. The van der Waals surface area contributed by atoms with Crippen molar-refractivity contribution in [2.75, 3.05) is 17.3 Å². The zero-order valence-corrected chi connectivity index (χ0v) is 18.8. The largest absolute Gasteiger partial charge is 0.345 e. The molecule has 0 radical (unpaired) electrons. The number of sulfone groups is 1. The molecule has 31 heavy (non-hydrogen) atoms. The fraction of sp³-hybridized carbons (Fsp3) is 0.350. The summed E-state index contributed by atoms with van der Waals surface area (Å²) < 4.78 is 64.6. The summed E-state index contributed by atoms with van der Waals surface area (Å²) in [5, 5.41) is 2.89. The van der Waals surface area contributed by atoms with Gasteiger partial charge in [-0.3, -0.25) is 4.79 Å². The minimum Gasteiger partial charge on any atom is -0.345 e. The van der Waals surface area contributed by atoms with Crippen molar-refractivity contribution in [2.45, 2.75) is 34.7 Å². The van der Waals surface area contributed by atoms with E-state index in [2.05, 4.69) is 10.0 Å². The number of thioether (sulfide) groups is 1. The van der Waals surface area contributed by atoms with Gasteiger partial charge < -0.3 is 5.32 Å². The average Bonchev–Trinajstić information content (AvgIpc) is 3.06. The summed E-state index contributed by atoms with van der Waals surface area (Å²) in [7, 11) is -7.11. The van der Waals surface area contributed by atoms with Crippen molar-refractivity contribution >= 4 is 37.5 Å². The number of carbonyl (C=O) groups excluding carboxylic acids is 1. The Morgan fingerprint density at radius 3 is 2.52 bits per heavy atom. The molecule has 0 bridgehead atoms. The van der Waals surface area contributed by atoms with Crippen molar-refractivity contribution < 1.29 is 26.0 Å². The van der Waals surface area contributed by atoms with Gasteiger partial charge in [0.15, 0.2) is 9.84 Å². The van der Waals surface area contributed by atoms with Crippen molar-refractivity contribution in [3.05, 3.63) is 59.4 Å². The van der Waals surface area contributed by atoms with E-state index in [0.29, 0.717) is 17.1 Å². The number of amides is 1. The van der Waals surface area contributed by atoms with E-state index < -0.39 is 25.9 Å². The van der Waals surface area contributed by atoms with Gasteiger partial charge in [0.1, 0.15) is 5.82 Å². The first-order valence-electron chi connectivity index (χ1n) is 9.69. The van der Waals surface area contributed by atoms with Gasteiger partial charge in [-0.15, -0.1) is 11.8 Å². The van der Waals surface area contributed by atoms with E-state index >= 15 is 0 Å². The second kappa shape index (κ2) is 8.53. The van der Waals surface area contributed by atoms with Crippen molar-refractivity contribution in [3.63, 3.8) is 0 Å². The lowest BCUT2D eigenvalue weighted by Gasteiger charge is -2.26. The number of nitrogens with one attached hydrogen (secondary N) is 2. The molecule has 2 aliphatic heterocycles. The predicted octanol–water partition coefficient (Wildman–Crippen LogP) is 2.26. The van der Waals surface area contributed by atoms with Gasteiger partial charge in [-0.25, -0.2) is 25.9 Å². The summed E-state index contributed by atoms with van der Waals surface area (Å²) in [5.74, 6) is -0.261. The molecule has 2 N–H and O–H groups in total. The number of carbonyl (C=O) groups is 1. The van der Waals surface area contributed by atoms with Crippen LogP contribution >= 0.6 is 11.8 Å². The second-order valence-corrected chi connectivity index (χ2v) is 12.6. The third-order valence-corrected chi connectivity index (χ3v) is 9.78. The Morgan fingerprint density at radius 2 is 1.84 bits per heavy atom. The topological polar surface area (TPSA) is 109 Å². The lowest BCUT2D eigenvalue weighted by atomic mass is 10.0. The molecule has 2 aromatic carbocycles. The highest BCUT2D eigenvalue weighted by molar-refractivity contribution is 7.99. The fourth-order valence-electron chi connectivity index (χ4n) is 3.74. The molecule has 2 atom stereocenters. The molecule has 0 spiro atoms.